The van der Waals surface area contributed by atoms with Crippen molar-refractivity contribution in [3.63, 3.8) is 0 Å². The van der Waals surface area contributed by atoms with E-state index in [0.717, 1.165) is 0 Å². The zero-order valence-corrected chi connectivity index (χ0v) is 36.0. The average molecular weight is 789 g/mol. The Morgan fingerprint density at radius 1 is 0.291 bits per heavy atom. The highest BCUT2D eigenvalue weighted by Crippen LogP contribution is 2.38. The van der Waals surface area contributed by atoms with Gasteiger partial charge in [0.2, 0.25) is 0 Å². The van der Waals surface area contributed by atoms with E-state index in [-0.39, 0.29) is 0 Å². The lowest BCUT2D eigenvalue weighted by Gasteiger charge is -1.94. The van der Waals surface area contributed by atoms with Crippen molar-refractivity contribution in [1.82, 2.24) is 0 Å². The van der Waals surface area contributed by atoms with E-state index >= 15 is 0 Å². The molecule has 4 heteroatoms. The van der Waals surface area contributed by atoms with Crippen molar-refractivity contribution in [2.75, 3.05) is 0 Å². The van der Waals surface area contributed by atoms with Gasteiger partial charge in [0.1, 0.15) is 0 Å². The maximum Gasteiger partial charge on any atom is 0.0384 e. The van der Waals surface area contributed by atoms with Gasteiger partial charge in [-0.15, -0.1) is 45.3 Å². The molecule has 0 amide bonds. The molecule has 4 aromatic heterocycles. The monoisotopic (exact) mass is 788 g/mol. The summed E-state index contributed by atoms with van der Waals surface area (Å²) in [7, 11) is 0. The van der Waals surface area contributed by atoms with Gasteiger partial charge < -0.3 is 0 Å². The first-order valence-electron chi connectivity index (χ1n) is 19.1. The minimum absolute atomic E-state index is 1.35. The van der Waals surface area contributed by atoms with Gasteiger partial charge in [-0.3, -0.25) is 0 Å². The number of benzene rings is 7. The zero-order valence-electron chi connectivity index (χ0n) is 32.7. The Labute approximate surface area is 342 Å². The van der Waals surface area contributed by atoms with Gasteiger partial charge in [0, 0.05) is 65.2 Å². The third kappa shape index (κ3) is 8.85. The molecule has 55 heavy (non-hydrogen) atoms. The summed E-state index contributed by atoms with van der Waals surface area (Å²) in [6.07, 6.45) is 0. The summed E-state index contributed by atoms with van der Waals surface area (Å²) in [5.74, 6) is 0. The Kier molecular flexibility index (Phi) is 13.9. The molecule has 0 aliphatic heterocycles. The van der Waals surface area contributed by atoms with E-state index in [1.165, 1.54) is 87.3 Å². The van der Waals surface area contributed by atoms with Crippen molar-refractivity contribution < 1.29 is 0 Å². The summed E-state index contributed by atoms with van der Waals surface area (Å²) in [4.78, 5) is 0. The molecule has 0 fully saturated rings. The summed E-state index contributed by atoms with van der Waals surface area (Å²) >= 11 is 7.45. The van der Waals surface area contributed by atoms with Crippen LogP contribution in [0.25, 0.3) is 70.6 Å². The van der Waals surface area contributed by atoms with Crippen LogP contribution in [0.2, 0.25) is 0 Å². The maximum absolute atomic E-state index is 2.22. The lowest BCUT2D eigenvalue weighted by atomic mass is 10.1. The van der Waals surface area contributed by atoms with Gasteiger partial charge >= 0.3 is 0 Å². The second-order valence-corrected chi connectivity index (χ2v) is 16.7. The van der Waals surface area contributed by atoms with Crippen LogP contribution >= 0.6 is 45.3 Å². The number of rotatable bonds is 0. The Morgan fingerprint density at radius 3 is 1.11 bits per heavy atom. The fourth-order valence-electron chi connectivity index (χ4n) is 6.57. The largest absolute Gasteiger partial charge is 0.144 e. The molecule has 0 atom stereocenters. The normalized spacial score (nSPS) is 10.5. The van der Waals surface area contributed by atoms with E-state index < -0.39 is 0 Å². The highest BCUT2D eigenvalue weighted by molar-refractivity contribution is 7.26. The van der Waals surface area contributed by atoms with Crippen molar-refractivity contribution >= 4 is 116 Å². The van der Waals surface area contributed by atoms with Gasteiger partial charge in [0.05, 0.1) is 0 Å². The minimum atomic E-state index is 1.35. The first-order chi connectivity index (χ1) is 27.0. The highest BCUT2D eigenvalue weighted by Gasteiger charge is 2.08. The second-order valence-electron chi connectivity index (χ2n) is 12.6. The van der Waals surface area contributed by atoms with Gasteiger partial charge in [-0.25, -0.2) is 0 Å². The summed E-state index contributed by atoms with van der Waals surface area (Å²) in [5, 5.41) is 11.8. The average Bonchev–Trinajstić information content (AvgIpc) is 4.04. The van der Waals surface area contributed by atoms with E-state index in [9.17, 15) is 0 Å². The molecule has 7 aromatic carbocycles. The minimum Gasteiger partial charge on any atom is -0.144 e. The smallest absolute Gasteiger partial charge is 0.0384 e. The molecule has 0 unspecified atom stereocenters. The third-order valence-corrected chi connectivity index (χ3v) is 14.0. The number of aryl methyl sites for hydroxylation is 3. The van der Waals surface area contributed by atoms with Crippen LogP contribution in [-0.2, 0) is 0 Å². The molecule has 0 saturated heterocycles. The van der Waals surface area contributed by atoms with Gasteiger partial charge in [0.15, 0.2) is 0 Å². The summed E-state index contributed by atoms with van der Waals surface area (Å²) in [5.41, 5.74) is 4.14. The Bertz CT molecular complexity index is 2780. The topological polar surface area (TPSA) is 0 Å². The van der Waals surface area contributed by atoms with Crippen LogP contribution in [0.4, 0.5) is 0 Å². The van der Waals surface area contributed by atoms with Crippen LogP contribution in [-0.4, -0.2) is 0 Å². The van der Waals surface area contributed by atoms with Crippen molar-refractivity contribution in [2.45, 2.75) is 48.5 Å². The predicted octanol–water partition coefficient (Wildman–Crippen LogP) is 18.0. The Hall–Kier alpha value is -4.84. The van der Waals surface area contributed by atoms with Crippen molar-refractivity contribution in [2.24, 2.45) is 0 Å². The number of thiophene rings is 4. The molecular formula is C51H48S4. The Balaban J connectivity index is 0.000000122. The van der Waals surface area contributed by atoms with Crippen LogP contribution < -0.4 is 0 Å². The number of hydrogen-bond acceptors (Lipinski definition) is 4. The third-order valence-electron chi connectivity index (χ3n) is 9.17. The molecule has 0 saturated carbocycles. The summed E-state index contributed by atoms with van der Waals surface area (Å²) in [6.45, 7) is 14.6. The van der Waals surface area contributed by atoms with Crippen molar-refractivity contribution in [3.8, 4) is 0 Å². The lowest BCUT2D eigenvalue weighted by molar-refractivity contribution is 1.50. The molecule has 11 aromatic rings. The van der Waals surface area contributed by atoms with E-state index in [4.69, 9.17) is 0 Å². The zero-order chi connectivity index (χ0) is 38.7. The Morgan fingerprint density at radius 2 is 0.636 bits per heavy atom. The van der Waals surface area contributed by atoms with E-state index in [2.05, 4.69) is 184 Å². The van der Waals surface area contributed by atoms with Gasteiger partial charge in [-0.1, -0.05) is 155 Å². The lowest BCUT2D eigenvalue weighted by Crippen LogP contribution is -1.71. The molecule has 0 spiro atoms. The maximum atomic E-state index is 2.22. The number of hydrogen-bond donors (Lipinski definition) is 0. The molecule has 11 rings (SSSR count). The van der Waals surface area contributed by atoms with Gasteiger partial charge in [0.25, 0.3) is 0 Å². The van der Waals surface area contributed by atoms with Crippen molar-refractivity contribution in [3.05, 3.63) is 180 Å². The fraction of sp³-hybridized carbons (Fsp3) is 0.137. The highest BCUT2D eigenvalue weighted by atomic mass is 32.1. The fourth-order valence-corrected chi connectivity index (χ4v) is 10.9. The van der Waals surface area contributed by atoms with Crippen LogP contribution in [0.15, 0.2) is 163 Å². The SMILES string of the molecule is CC.CC.Cc1cccc2c1sc1c(C)cccc12.Cc1cccc2c1sc1ccccc12.c1ccc2c(c1)sc1ccccc12.c1ccc2sccc2c1. The quantitative estimate of drug-likeness (QED) is 0.144. The van der Waals surface area contributed by atoms with E-state index in [1.807, 2.05) is 61.7 Å². The molecule has 0 bridgehead atoms. The molecule has 0 aliphatic rings. The standard InChI is InChI=1S/C14H12S.C13H10S.C12H8S.C8H6S.2C2H6/c1-9-5-3-7-11-12-8-4-6-10(2)14(12)15-13(9)11;1-9-5-4-7-11-10-6-2-3-8-12(10)14-13(9)11;1-3-7-11-9(5-1)10-6-2-4-8-12(10)13-11;1-2-4-8-7(3-1)5-6-9-8;2*1-2/h3-8H,1-2H3;2-8H,1H3;1-8H;1-6H;2*1-2H3. The van der Waals surface area contributed by atoms with Crippen LogP contribution in [0.1, 0.15) is 44.4 Å². The van der Waals surface area contributed by atoms with E-state index in [1.54, 1.807) is 11.3 Å². The molecule has 0 radical (unpaired) electrons. The first-order valence-corrected chi connectivity index (χ1v) is 22.4. The van der Waals surface area contributed by atoms with Crippen LogP contribution in [0, 0.1) is 20.8 Å². The van der Waals surface area contributed by atoms with Crippen molar-refractivity contribution in [1.29, 1.82) is 0 Å². The van der Waals surface area contributed by atoms with Gasteiger partial charge in [-0.2, -0.15) is 0 Å². The molecule has 276 valence electrons. The predicted molar refractivity (Wildman–Crippen MR) is 257 cm³/mol. The molecule has 4 heterocycles. The molecular weight excluding hydrogens is 741 g/mol. The van der Waals surface area contributed by atoms with E-state index in [0.29, 0.717) is 0 Å². The van der Waals surface area contributed by atoms with Crippen LogP contribution in [0.5, 0.6) is 0 Å². The van der Waals surface area contributed by atoms with Gasteiger partial charge in [-0.05, 0) is 78.6 Å². The second kappa shape index (κ2) is 19.2. The molecule has 0 N–H and O–H groups in total. The molecule has 0 nitrogen and oxygen atoms in total. The van der Waals surface area contributed by atoms with Crippen LogP contribution in [0.3, 0.4) is 0 Å². The summed E-state index contributed by atoms with van der Waals surface area (Å²) in [6, 6.07) is 55.9. The first kappa shape index (κ1) is 39.8. The number of fused-ring (bicyclic) bond motifs is 10. The summed E-state index contributed by atoms with van der Waals surface area (Å²) < 4.78 is 9.80. The molecule has 0 aliphatic carbocycles.